The van der Waals surface area contributed by atoms with Gasteiger partial charge in [0.15, 0.2) is 0 Å². The first-order valence-electron chi connectivity index (χ1n) is 4.81. The first-order valence-corrected chi connectivity index (χ1v) is 4.81. The highest BCUT2D eigenvalue weighted by atomic mass is 35.5. The van der Waals surface area contributed by atoms with E-state index >= 15 is 0 Å². The number of anilines is 1. The van der Waals surface area contributed by atoms with E-state index in [1.54, 1.807) is 25.1 Å². The van der Waals surface area contributed by atoms with Gasteiger partial charge in [-0.15, -0.1) is 12.4 Å². The van der Waals surface area contributed by atoms with Crippen molar-refractivity contribution in [3.8, 4) is 5.75 Å². The van der Waals surface area contributed by atoms with Crippen molar-refractivity contribution in [1.29, 1.82) is 0 Å². The summed E-state index contributed by atoms with van der Waals surface area (Å²) >= 11 is 0. The molecule has 0 amide bonds. The Labute approximate surface area is 100 Å². The van der Waals surface area contributed by atoms with Gasteiger partial charge in [0, 0.05) is 0 Å². The minimum atomic E-state index is -0.821. The molecule has 1 atom stereocenters. The Hall–Kier alpha value is -1.42. The van der Waals surface area contributed by atoms with Gasteiger partial charge in [0.05, 0.1) is 11.6 Å². The van der Waals surface area contributed by atoms with Gasteiger partial charge in [-0.25, -0.2) is 0 Å². The van der Waals surface area contributed by atoms with Gasteiger partial charge in [-0.05, 0) is 24.5 Å². The largest absolute Gasteiger partial charge is 0.506 e. The summed E-state index contributed by atoms with van der Waals surface area (Å²) in [5.41, 5.74) is 6.55. The van der Waals surface area contributed by atoms with Crippen LogP contribution in [0.1, 0.15) is 18.9 Å². The first-order chi connectivity index (χ1) is 7.02. The van der Waals surface area contributed by atoms with Gasteiger partial charge < -0.3 is 15.9 Å². The van der Waals surface area contributed by atoms with Crippen molar-refractivity contribution in [3.63, 3.8) is 0 Å². The third-order valence-electron chi connectivity index (χ3n) is 2.42. The SMILES string of the molecule is CC(CCc1cccc(N)c1O)C(=O)O.Cl. The molecule has 0 spiro atoms. The summed E-state index contributed by atoms with van der Waals surface area (Å²) in [6, 6.07) is 5.11. The lowest BCUT2D eigenvalue weighted by Gasteiger charge is -2.08. The van der Waals surface area contributed by atoms with Crippen LogP contribution in [-0.4, -0.2) is 16.2 Å². The number of rotatable bonds is 4. The van der Waals surface area contributed by atoms with Crippen LogP contribution in [0.4, 0.5) is 5.69 Å². The number of benzene rings is 1. The van der Waals surface area contributed by atoms with Crippen LogP contribution in [0.2, 0.25) is 0 Å². The molecule has 0 bridgehead atoms. The summed E-state index contributed by atoms with van der Waals surface area (Å²) in [6.45, 7) is 1.64. The highest BCUT2D eigenvalue weighted by Gasteiger charge is 2.12. The molecule has 0 saturated carbocycles. The summed E-state index contributed by atoms with van der Waals surface area (Å²) in [5.74, 6) is -1.17. The maximum absolute atomic E-state index is 10.6. The minimum absolute atomic E-state index is 0. The standard InChI is InChI=1S/C11H15NO3.ClH/c1-7(11(14)15)5-6-8-3-2-4-9(12)10(8)13;/h2-4,7,13H,5-6,12H2,1H3,(H,14,15);1H. The molecule has 1 rings (SSSR count). The van der Waals surface area contributed by atoms with Crippen molar-refractivity contribution in [2.75, 3.05) is 5.73 Å². The van der Waals surface area contributed by atoms with E-state index in [-0.39, 0.29) is 18.2 Å². The second kappa shape index (κ2) is 6.23. The molecule has 0 aliphatic heterocycles. The number of carbonyl (C=O) groups is 1. The predicted octanol–water partition coefficient (Wildman–Crippen LogP) is 2.05. The third kappa shape index (κ3) is 3.62. The summed E-state index contributed by atoms with van der Waals surface area (Å²) in [6.07, 6.45) is 1.01. The molecule has 0 aromatic heterocycles. The van der Waals surface area contributed by atoms with Gasteiger partial charge in [0.25, 0.3) is 0 Å². The average Bonchev–Trinajstić information content (AvgIpc) is 2.19. The summed E-state index contributed by atoms with van der Waals surface area (Å²) in [4.78, 5) is 10.6. The molecule has 4 N–H and O–H groups in total. The number of aliphatic carboxylic acids is 1. The van der Waals surface area contributed by atoms with Crippen LogP contribution in [0.3, 0.4) is 0 Å². The smallest absolute Gasteiger partial charge is 0.306 e. The Morgan fingerprint density at radius 1 is 1.50 bits per heavy atom. The van der Waals surface area contributed by atoms with Gasteiger partial charge >= 0.3 is 5.97 Å². The second-order valence-corrected chi connectivity index (χ2v) is 3.63. The van der Waals surface area contributed by atoms with Gasteiger partial charge in [-0.3, -0.25) is 4.79 Å². The topological polar surface area (TPSA) is 83.5 Å². The Kier molecular flexibility index (Phi) is 5.67. The van der Waals surface area contributed by atoms with Crippen LogP contribution >= 0.6 is 12.4 Å². The molecule has 5 heteroatoms. The Balaban J connectivity index is 0.00000225. The van der Waals surface area contributed by atoms with E-state index in [9.17, 15) is 9.90 Å². The van der Waals surface area contributed by atoms with Gasteiger partial charge in [-0.1, -0.05) is 19.1 Å². The molecule has 0 fully saturated rings. The van der Waals surface area contributed by atoms with E-state index in [1.807, 2.05) is 0 Å². The molecule has 1 unspecified atom stereocenters. The van der Waals surface area contributed by atoms with E-state index in [4.69, 9.17) is 10.8 Å². The highest BCUT2D eigenvalue weighted by Crippen LogP contribution is 2.26. The number of phenols is 1. The molecule has 1 aromatic carbocycles. The van der Waals surface area contributed by atoms with Crippen molar-refractivity contribution in [2.24, 2.45) is 5.92 Å². The van der Waals surface area contributed by atoms with Crippen molar-refractivity contribution in [2.45, 2.75) is 19.8 Å². The van der Waals surface area contributed by atoms with Crippen LogP contribution in [0.15, 0.2) is 18.2 Å². The van der Waals surface area contributed by atoms with Crippen molar-refractivity contribution < 1.29 is 15.0 Å². The van der Waals surface area contributed by atoms with Crippen molar-refractivity contribution in [3.05, 3.63) is 23.8 Å². The Morgan fingerprint density at radius 3 is 2.69 bits per heavy atom. The number of para-hydroxylation sites is 1. The van der Waals surface area contributed by atoms with Gasteiger partial charge in [0.2, 0.25) is 0 Å². The highest BCUT2D eigenvalue weighted by molar-refractivity contribution is 5.85. The lowest BCUT2D eigenvalue weighted by molar-refractivity contribution is -0.141. The molecule has 90 valence electrons. The number of halogens is 1. The van der Waals surface area contributed by atoms with Gasteiger partial charge in [-0.2, -0.15) is 0 Å². The van der Waals surface area contributed by atoms with Crippen LogP contribution in [0, 0.1) is 5.92 Å². The van der Waals surface area contributed by atoms with E-state index in [0.717, 1.165) is 0 Å². The third-order valence-corrected chi connectivity index (χ3v) is 2.42. The number of nitrogens with two attached hydrogens (primary N) is 1. The van der Waals surface area contributed by atoms with E-state index in [1.165, 1.54) is 0 Å². The lowest BCUT2D eigenvalue weighted by Crippen LogP contribution is -2.10. The number of phenolic OH excluding ortho intramolecular Hbond substituents is 1. The molecule has 0 aliphatic rings. The van der Waals surface area contributed by atoms with E-state index in [2.05, 4.69) is 0 Å². The molecule has 16 heavy (non-hydrogen) atoms. The Bertz CT molecular complexity index is 368. The van der Waals surface area contributed by atoms with Crippen LogP contribution < -0.4 is 5.73 Å². The maximum atomic E-state index is 10.6. The molecular weight excluding hydrogens is 230 g/mol. The molecule has 4 nitrogen and oxygen atoms in total. The number of aryl methyl sites for hydroxylation is 1. The molecular formula is C11H16ClNO3. The molecule has 0 heterocycles. The van der Waals surface area contributed by atoms with E-state index in [0.29, 0.717) is 24.1 Å². The number of aromatic hydroxyl groups is 1. The fourth-order valence-corrected chi connectivity index (χ4v) is 1.31. The van der Waals surface area contributed by atoms with E-state index < -0.39 is 11.9 Å². The number of hydrogen-bond acceptors (Lipinski definition) is 3. The summed E-state index contributed by atoms with van der Waals surface area (Å²) in [7, 11) is 0. The Morgan fingerprint density at radius 2 is 2.12 bits per heavy atom. The normalized spacial score (nSPS) is 11.6. The molecule has 0 radical (unpaired) electrons. The molecule has 0 saturated heterocycles. The predicted molar refractivity (Wildman–Crippen MR) is 64.9 cm³/mol. The number of carboxylic acids is 1. The molecule has 0 aliphatic carbocycles. The zero-order chi connectivity index (χ0) is 11.4. The monoisotopic (exact) mass is 245 g/mol. The minimum Gasteiger partial charge on any atom is -0.506 e. The fraction of sp³-hybridized carbons (Fsp3) is 0.364. The van der Waals surface area contributed by atoms with Crippen LogP contribution in [0.5, 0.6) is 5.75 Å². The summed E-state index contributed by atoms with van der Waals surface area (Å²) in [5, 5.41) is 18.3. The second-order valence-electron chi connectivity index (χ2n) is 3.63. The maximum Gasteiger partial charge on any atom is 0.306 e. The van der Waals surface area contributed by atoms with Crippen molar-refractivity contribution in [1.82, 2.24) is 0 Å². The average molecular weight is 246 g/mol. The fourth-order valence-electron chi connectivity index (χ4n) is 1.31. The quantitative estimate of drug-likeness (QED) is 0.560. The summed E-state index contributed by atoms with van der Waals surface area (Å²) < 4.78 is 0. The van der Waals surface area contributed by atoms with Crippen molar-refractivity contribution >= 4 is 24.1 Å². The van der Waals surface area contributed by atoms with Gasteiger partial charge in [0.1, 0.15) is 5.75 Å². The number of hydrogen-bond donors (Lipinski definition) is 3. The number of carboxylic acid groups (broad SMARTS) is 1. The molecule has 1 aromatic rings. The van der Waals surface area contributed by atoms with Crippen LogP contribution in [-0.2, 0) is 11.2 Å². The lowest BCUT2D eigenvalue weighted by atomic mass is 10.0. The first kappa shape index (κ1) is 14.6. The van der Waals surface area contributed by atoms with Crippen LogP contribution in [0.25, 0.3) is 0 Å². The zero-order valence-electron chi connectivity index (χ0n) is 9.01. The zero-order valence-corrected chi connectivity index (χ0v) is 9.83. The number of nitrogen functional groups attached to an aromatic ring is 1.